The number of benzene rings is 2. The number of thioether (sulfide) groups is 1. The minimum absolute atomic E-state index is 0.0311. The van der Waals surface area contributed by atoms with Crippen molar-refractivity contribution in [1.29, 1.82) is 0 Å². The molecule has 0 radical (unpaired) electrons. The van der Waals surface area contributed by atoms with E-state index in [-0.39, 0.29) is 12.0 Å². The van der Waals surface area contributed by atoms with Gasteiger partial charge in [0.05, 0.1) is 5.75 Å². The highest BCUT2D eigenvalue weighted by molar-refractivity contribution is 7.99. The number of amides is 1. The maximum Gasteiger partial charge on any atom is 0.230 e. The van der Waals surface area contributed by atoms with E-state index in [1.807, 2.05) is 60.9 Å². The number of aromatic nitrogens is 3. The zero-order valence-corrected chi connectivity index (χ0v) is 18.5. The quantitative estimate of drug-likeness (QED) is 0.488. The second kappa shape index (κ2) is 10.8. The molecule has 0 fully saturated rings. The fourth-order valence-corrected chi connectivity index (χ4v) is 3.88. The Kier molecular flexibility index (Phi) is 7.90. The zero-order valence-electron chi connectivity index (χ0n) is 17.7. The molecule has 7 heteroatoms. The van der Waals surface area contributed by atoms with Crippen molar-refractivity contribution in [3.63, 3.8) is 0 Å². The molecule has 1 aromatic heterocycles. The van der Waals surface area contributed by atoms with Gasteiger partial charge >= 0.3 is 0 Å². The van der Waals surface area contributed by atoms with Crippen LogP contribution in [0.1, 0.15) is 43.8 Å². The van der Waals surface area contributed by atoms with Crippen LogP contribution in [0.3, 0.4) is 0 Å². The number of carbonyl (C=O) groups is 1. The lowest BCUT2D eigenvalue weighted by atomic mass is 10.2. The highest BCUT2D eigenvalue weighted by atomic mass is 32.2. The predicted octanol–water partition coefficient (Wildman–Crippen LogP) is 4.41. The minimum atomic E-state index is -0.244. The van der Waals surface area contributed by atoms with Crippen LogP contribution >= 0.6 is 11.8 Å². The fraction of sp³-hybridized carbons (Fsp3) is 0.348. The number of nitrogens with one attached hydrogen (secondary N) is 1. The third-order valence-corrected chi connectivity index (χ3v) is 5.70. The molecule has 1 heterocycles. The van der Waals surface area contributed by atoms with Gasteiger partial charge in [-0.1, -0.05) is 61.2 Å². The first-order valence-corrected chi connectivity index (χ1v) is 11.2. The van der Waals surface area contributed by atoms with Gasteiger partial charge in [-0.05, 0) is 43.5 Å². The topological polar surface area (TPSA) is 69.0 Å². The zero-order chi connectivity index (χ0) is 21.3. The number of aryl methyl sites for hydroxylation is 1. The van der Waals surface area contributed by atoms with E-state index in [2.05, 4.69) is 34.6 Å². The average molecular weight is 425 g/mol. The van der Waals surface area contributed by atoms with Gasteiger partial charge in [0.25, 0.3) is 0 Å². The summed E-state index contributed by atoms with van der Waals surface area (Å²) in [5.74, 6) is 1.82. The molecule has 0 spiro atoms. The lowest BCUT2D eigenvalue weighted by Crippen LogP contribution is -2.24. The molecule has 0 bridgehead atoms. The molecular weight excluding hydrogens is 396 g/mol. The maximum atomic E-state index is 12.2. The van der Waals surface area contributed by atoms with Gasteiger partial charge in [-0.2, -0.15) is 0 Å². The molecule has 1 atom stereocenters. The summed E-state index contributed by atoms with van der Waals surface area (Å²) in [6.07, 6.45) is 0.755. The van der Waals surface area contributed by atoms with Gasteiger partial charge < -0.3 is 14.6 Å². The smallest absolute Gasteiger partial charge is 0.230 e. The molecular formula is C23H28N4O2S. The van der Waals surface area contributed by atoms with E-state index in [1.54, 1.807) is 0 Å². The predicted molar refractivity (Wildman–Crippen MR) is 120 cm³/mol. The molecule has 0 aliphatic carbocycles. The van der Waals surface area contributed by atoms with Crippen LogP contribution in [0.5, 0.6) is 5.75 Å². The van der Waals surface area contributed by atoms with Crippen molar-refractivity contribution in [2.75, 3.05) is 5.75 Å². The van der Waals surface area contributed by atoms with Gasteiger partial charge in [0.15, 0.2) is 17.1 Å². The third kappa shape index (κ3) is 5.86. The Balaban J connectivity index is 1.56. The average Bonchev–Trinajstić information content (AvgIpc) is 3.20. The molecule has 0 saturated heterocycles. The van der Waals surface area contributed by atoms with Crippen LogP contribution in [0.2, 0.25) is 0 Å². The molecule has 0 saturated carbocycles. The summed E-state index contributed by atoms with van der Waals surface area (Å²) >= 11 is 1.39. The summed E-state index contributed by atoms with van der Waals surface area (Å²) in [6, 6.07) is 18.0. The van der Waals surface area contributed by atoms with Crippen LogP contribution in [0.4, 0.5) is 0 Å². The fourth-order valence-electron chi connectivity index (χ4n) is 3.04. The van der Waals surface area contributed by atoms with Gasteiger partial charge in [0.1, 0.15) is 5.75 Å². The first-order valence-electron chi connectivity index (χ1n) is 10.2. The van der Waals surface area contributed by atoms with E-state index < -0.39 is 0 Å². The molecule has 6 nitrogen and oxygen atoms in total. The molecule has 3 rings (SSSR count). The molecule has 2 aromatic carbocycles. The monoisotopic (exact) mass is 424 g/mol. The van der Waals surface area contributed by atoms with Crippen LogP contribution in [0.25, 0.3) is 0 Å². The highest BCUT2D eigenvalue weighted by Crippen LogP contribution is 2.25. The Bertz CT molecular complexity index is 942. The number of ether oxygens (including phenoxy) is 1. The molecule has 0 unspecified atom stereocenters. The molecule has 158 valence electrons. The van der Waals surface area contributed by atoms with Crippen LogP contribution in [-0.4, -0.2) is 26.4 Å². The van der Waals surface area contributed by atoms with Crippen LogP contribution in [-0.2, 0) is 24.3 Å². The molecule has 0 aliphatic rings. The Labute approximate surface area is 182 Å². The second-order valence-electron chi connectivity index (χ2n) is 6.89. The van der Waals surface area contributed by atoms with Crippen LogP contribution in [0, 0.1) is 0 Å². The van der Waals surface area contributed by atoms with Crippen molar-refractivity contribution in [2.24, 2.45) is 0 Å². The van der Waals surface area contributed by atoms with E-state index in [0.717, 1.165) is 28.7 Å². The Hall–Kier alpha value is -2.80. The van der Waals surface area contributed by atoms with E-state index in [0.29, 0.717) is 18.8 Å². The number of hydrogen-bond donors (Lipinski definition) is 1. The van der Waals surface area contributed by atoms with Crippen LogP contribution < -0.4 is 10.1 Å². The maximum absolute atomic E-state index is 12.2. The summed E-state index contributed by atoms with van der Waals surface area (Å²) in [5, 5.41) is 12.3. The summed E-state index contributed by atoms with van der Waals surface area (Å²) < 4.78 is 8.06. The van der Waals surface area contributed by atoms with E-state index in [9.17, 15) is 4.79 Å². The lowest BCUT2D eigenvalue weighted by Gasteiger charge is -2.16. The SMILES string of the molecule is CCc1ccc(O[C@@H](C)c2nnc(SCC(=O)NCc3ccccc3)n2CC)cc1. The highest BCUT2D eigenvalue weighted by Gasteiger charge is 2.19. The van der Waals surface area contributed by atoms with Crippen molar-refractivity contribution < 1.29 is 9.53 Å². The van der Waals surface area contributed by atoms with Gasteiger partial charge in [-0.25, -0.2) is 0 Å². The number of carbonyl (C=O) groups excluding carboxylic acids is 1. The first kappa shape index (κ1) is 21.9. The van der Waals surface area contributed by atoms with E-state index in [1.165, 1.54) is 17.3 Å². The summed E-state index contributed by atoms with van der Waals surface area (Å²) in [4.78, 5) is 12.2. The molecule has 1 amide bonds. The Morgan fingerprint density at radius 3 is 2.47 bits per heavy atom. The molecule has 1 N–H and O–H groups in total. The van der Waals surface area contributed by atoms with Crippen molar-refractivity contribution in [3.8, 4) is 5.75 Å². The molecule has 0 aliphatic heterocycles. The second-order valence-corrected chi connectivity index (χ2v) is 7.84. The van der Waals surface area contributed by atoms with E-state index >= 15 is 0 Å². The van der Waals surface area contributed by atoms with E-state index in [4.69, 9.17) is 4.74 Å². The third-order valence-electron chi connectivity index (χ3n) is 4.73. The lowest BCUT2D eigenvalue weighted by molar-refractivity contribution is -0.118. The molecule has 30 heavy (non-hydrogen) atoms. The minimum Gasteiger partial charge on any atom is -0.483 e. The first-order chi connectivity index (χ1) is 14.6. The van der Waals surface area contributed by atoms with Crippen molar-refractivity contribution in [3.05, 3.63) is 71.5 Å². The van der Waals surface area contributed by atoms with Crippen molar-refractivity contribution in [1.82, 2.24) is 20.1 Å². The largest absolute Gasteiger partial charge is 0.483 e. The summed E-state index contributed by atoms with van der Waals surface area (Å²) in [7, 11) is 0. The summed E-state index contributed by atoms with van der Waals surface area (Å²) in [5.41, 5.74) is 2.35. The normalized spacial score (nSPS) is 11.8. The Morgan fingerprint density at radius 2 is 1.80 bits per heavy atom. The number of rotatable bonds is 10. The number of hydrogen-bond acceptors (Lipinski definition) is 5. The number of nitrogens with zero attached hydrogens (tertiary/aromatic N) is 3. The Morgan fingerprint density at radius 1 is 1.07 bits per heavy atom. The van der Waals surface area contributed by atoms with Gasteiger partial charge in [0.2, 0.25) is 5.91 Å². The molecule has 3 aromatic rings. The van der Waals surface area contributed by atoms with Crippen molar-refractivity contribution >= 4 is 17.7 Å². The van der Waals surface area contributed by atoms with Crippen molar-refractivity contribution in [2.45, 2.75) is 51.5 Å². The summed E-state index contributed by atoms with van der Waals surface area (Å²) in [6.45, 7) is 7.36. The van der Waals surface area contributed by atoms with Crippen LogP contribution in [0.15, 0.2) is 59.8 Å². The van der Waals surface area contributed by atoms with Gasteiger partial charge in [0, 0.05) is 13.1 Å². The standard InChI is InChI=1S/C23H28N4O2S/c1-4-18-11-13-20(14-12-18)29-17(3)22-25-26-23(27(22)5-2)30-16-21(28)24-15-19-9-7-6-8-10-19/h6-14,17H,4-5,15-16H2,1-3H3,(H,24,28)/t17-/m0/s1. The van der Waals surface area contributed by atoms with Gasteiger partial charge in [-0.3, -0.25) is 4.79 Å². The van der Waals surface area contributed by atoms with Gasteiger partial charge in [-0.15, -0.1) is 10.2 Å².